The molecule has 0 saturated heterocycles. The summed E-state index contributed by atoms with van der Waals surface area (Å²) in [4.78, 5) is 19.9. The zero-order chi connectivity index (χ0) is 19.1. The second-order valence-corrected chi connectivity index (χ2v) is 6.93. The van der Waals surface area contributed by atoms with Crippen LogP contribution in [0.2, 0.25) is 0 Å². The lowest BCUT2D eigenvalue weighted by Crippen LogP contribution is -1.98. The van der Waals surface area contributed by atoms with Gasteiger partial charge in [0.05, 0.1) is 6.20 Å². The van der Waals surface area contributed by atoms with Crippen molar-refractivity contribution in [2.24, 2.45) is 5.18 Å². The molecular weight excluding hydrogens is 352 g/mol. The molecule has 1 aliphatic rings. The van der Waals surface area contributed by atoms with Crippen LogP contribution in [0.25, 0.3) is 16.9 Å². The maximum Gasteiger partial charge on any atom is 0.157 e. The summed E-state index contributed by atoms with van der Waals surface area (Å²) in [6.45, 7) is 0. The van der Waals surface area contributed by atoms with E-state index >= 15 is 0 Å². The van der Waals surface area contributed by atoms with Crippen LogP contribution in [0.15, 0.2) is 66.2 Å². The monoisotopic (exact) mass is 370 g/mol. The van der Waals surface area contributed by atoms with Gasteiger partial charge in [-0.3, -0.25) is 9.38 Å². The number of anilines is 3. The number of aryl methyl sites for hydroxylation is 1. The minimum absolute atomic E-state index is 0.226. The molecule has 1 atom stereocenters. The molecule has 0 spiro atoms. The van der Waals surface area contributed by atoms with Crippen molar-refractivity contribution >= 4 is 22.8 Å². The molecule has 2 aromatic heterocycles. The Morgan fingerprint density at radius 1 is 1.18 bits per heavy atom. The SMILES string of the molecule is Nc1ccc(-c2nc3cnccn3c2Nc2ccc3c(c2)CCC3N=O)cc1. The molecule has 0 radical (unpaired) electrons. The van der Waals surface area contributed by atoms with Gasteiger partial charge in [0.25, 0.3) is 0 Å². The first-order valence-electron chi connectivity index (χ1n) is 9.13. The summed E-state index contributed by atoms with van der Waals surface area (Å²) in [5, 5.41) is 6.74. The Hall–Kier alpha value is -3.74. The van der Waals surface area contributed by atoms with Crippen molar-refractivity contribution in [1.29, 1.82) is 0 Å². The highest BCUT2D eigenvalue weighted by atomic mass is 16.3. The number of nitrogens with two attached hydrogens (primary N) is 1. The Balaban J connectivity index is 1.60. The molecule has 0 amide bonds. The van der Waals surface area contributed by atoms with Gasteiger partial charge >= 0.3 is 0 Å². The average Bonchev–Trinajstić information content (AvgIpc) is 3.30. The van der Waals surface area contributed by atoms with Crippen molar-refractivity contribution in [2.45, 2.75) is 18.9 Å². The number of rotatable bonds is 4. The maximum absolute atomic E-state index is 11.0. The van der Waals surface area contributed by atoms with Gasteiger partial charge in [0.1, 0.15) is 17.6 Å². The smallest absolute Gasteiger partial charge is 0.157 e. The van der Waals surface area contributed by atoms with Crippen LogP contribution in [0, 0.1) is 4.91 Å². The van der Waals surface area contributed by atoms with E-state index in [-0.39, 0.29) is 6.04 Å². The third-order valence-corrected chi connectivity index (χ3v) is 5.19. The van der Waals surface area contributed by atoms with Gasteiger partial charge in [0.2, 0.25) is 0 Å². The average molecular weight is 370 g/mol. The molecule has 1 aliphatic carbocycles. The zero-order valence-corrected chi connectivity index (χ0v) is 15.0. The topological polar surface area (TPSA) is 97.7 Å². The number of nitrogens with one attached hydrogen (secondary N) is 1. The van der Waals surface area contributed by atoms with Crippen molar-refractivity contribution in [2.75, 3.05) is 11.1 Å². The Labute approximate surface area is 161 Å². The fourth-order valence-electron chi connectivity index (χ4n) is 3.79. The molecule has 138 valence electrons. The Kier molecular flexibility index (Phi) is 3.79. The third-order valence-electron chi connectivity index (χ3n) is 5.19. The zero-order valence-electron chi connectivity index (χ0n) is 15.0. The maximum atomic E-state index is 11.0. The van der Waals surface area contributed by atoms with E-state index in [0.29, 0.717) is 5.69 Å². The highest BCUT2D eigenvalue weighted by Gasteiger charge is 2.23. The molecule has 7 heteroatoms. The highest BCUT2D eigenvalue weighted by Crippen LogP contribution is 2.37. The van der Waals surface area contributed by atoms with Crippen molar-refractivity contribution in [3.8, 4) is 11.3 Å². The first kappa shape index (κ1) is 16.4. The quantitative estimate of drug-likeness (QED) is 0.408. The molecule has 4 aromatic rings. The van der Waals surface area contributed by atoms with Gasteiger partial charge in [-0.1, -0.05) is 23.4 Å². The lowest BCUT2D eigenvalue weighted by molar-refractivity contribution is 0.710. The van der Waals surface area contributed by atoms with Gasteiger partial charge in [-0.15, -0.1) is 0 Å². The van der Waals surface area contributed by atoms with Gasteiger partial charge in [0, 0.05) is 29.3 Å². The van der Waals surface area contributed by atoms with Gasteiger partial charge in [0.15, 0.2) is 5.65 Å². The Bertz CT molecular complexity index is 1180. The van der Waals surface area contributed by atoms with E-state index in [1.165, 1.54) is 5.56 Å². The van der Waals surface area contributed by atoms with E-state index in [4.69, 9.17) is 10.7 Å². The molecule has 2 aromatic carbocycles. The largest absolute Gasteiger partial charge is 0.399 e. The Morgan fingerprint density at radius 2 is 2.04 bits per heavy atom. The van der Waals surface area contributed by atoms with Crippen LogP contribution >= 0.6 is 0 Å². The predicted octanol–water partition coefficient (Wildman–Crippen LogP) is 4.48. The molecule has 28 heavy (non-hydrogen) atoms. The first-order chi connectivity index (χ1) is 13.7. The van der Waals surface area contributed by atoms with Crippen LogP contribution in [0.4, 0.5) is 17.2 Å². The number of nitrogens with zero attached hydrogens (tertiary/aromatic N) is 4. The molecule has 1 unspecified atom stereocenters. The lowest BCUT2D eigenvalue weighted by atomic mass is 10.1. The number of hydrogen-bond donors (Lipinski definition) is 2. The summed E-state index contributed by atoms with van der Waals surface area (Å²) in [5.74, 6) is 0.852. The van der Waals surface area contributed by atoms with E-state index in [0.717, 1.165) is 46.8 Å². The van der Waals surface area contributed by atoms with E-state index in [9.17, 15) is 4.91 Å². The van der Waals surface area contributed by atoms with Crippen LogP contribution in [0.3, 0.4) is 0 Å². The molecule has 0 fully saturated rings. The van der Waals surface area contributed by atoms with Gasteiger partial charge in [-0.2, -0.15) is 4.91 Å². The second-order valence-electron chi connectivity index (χ2n) is 6.93. The van der Waals surface area contributed by atoms with Gasteiger partial charge < -0.3 is 11.1 Å². The van der Waals surface area contributed by atoms with Crippen molar-refractivity contribution in [1.82, 2.24) is 14.4 Å². The number of aromatic nitrogens is 3. The van der Waals surface area contributed by atoms with Gasteiger partial charge in [-0.05, 0) is 48.2 Å². The highest BCUT2D eigenvalue weighted by molar-refractivity contribution is 5.80. The summed E-state index contributed by atoms with van der Waals surface area (Å²) < 4.78 is 1.97. The van der Waals surface area contributed by atoms with Crippen molar-refractivity contribution < 1.29 is 0 Å². The van der Waals surface area contributed by atoms with Crippen LogP contribution < -0.4 is 11.1 Å². The number of nitrogen functional groups attached to an aromatic ring is 1. The lowest BCUT2D eigenvalue weighted by Gasteiger charge is -2.11. The molecule has 7 nitrogen and oxygen atoms in total. The summed E-state index contributed by atoms with van der Waals surface area (Å²) >= 11 is 0. The van der Waals surface area contributed by atoms with E-state index < -0.39 is 0 Å². The summed E-state index contributed by atoms with van der Waals surface area (Å²) in [5.41, 5.74) is 12.2. The number of fused-ring (bicyclic) bond motifs is 2. The fraction of sp³-hybridized carbons (Fsp3) is 0.143. The van der Waals surface area contributed by atoms with E-state index in [1.807, 2.05) is 47.0 Å². The molecule has 0 bridgehead atoms. The normalized spacial score (nSPS) is 15.5. The number of imidazole rings is 1. The Morgan fingerprint density at radius 3 is 2.86 bits per heavy atom. The standard InChI is InChI=1S/C21H18N6O/c22-15-4-1-13(2-5-15)20-21(27-10-9-23-12-19(27)25-20)24-16-6-7-17-14(11-16)3-8-18(17)26-28/h1-2,4-7,9-12,18,24H,3,8,22H2. The van der Waals surface area contributed by atoms with Crippen molar-refractivity contribution in [3.05, 3.63) is 77.1 Å². The molecule has 0 saturated carbocycles. The second kappa shape index (κ2) is 6.45. The molecule has 3 N–H and O–H groups in total. The van der Waals surface area contributed by atoms with Crippen LogP contribution in [-0.2, 0) is 6.42 Å². The molecule has 0 aliphatic heterocycles. The molecular formula is C21H18N6O. The van der Waals surface area contributed by atoms with E-state index in [1.54, 1.807) is 12.4 Å². The van der Waals surface area contributed by atoms with Crippen LogP contribution in [0.1, 0.15) is 23.6 Å². The first-order valence-corrected chi connectivity index (χ1v) is 9.13. The minimum Gasteiger partial charge on any atom is -0.399 e. The fourth-order valence-corrected chi connectivity index (χ4v) is 3.79. The molecule has 2 heterocycles. The van der Waals surface area contributed by atoms with Crippen LogP contribution in [0.5, 0.6) is 0 Å². The van der Waals surface area contributed by atoms with Crippen LogP contribution in [-0.4, -0.2) is 14.4 Å². The van der Waals surface area contributed by atoms with Gasteiger partial charge in [-0.25, -0.2) is 4.98 Å². The van der Waals surface area contributed by atoms with E-state index in [2.05, 4.69) is 21.5 Å². The number of hydrogen-bond acceptors (Lipinski definition) is 6. The minimum atomic E-state index is -0.226. The summed E-state index contributed by atoms with van der Waals surface area (Å²) in [7, 11) is 0. The number of nitroso groups, excluding NO2 is 1. The summed E-state index contributed by atoms with van der Waals surface area (Å²) in [6, 6.07) is 13.5. The summed E-state index contributed by atoms with van der Waals surface area (Å²) in [6.07, 6.45) is 6.99. The number of benzene rings is 2. The molecule has 5 rings (SSSR count). The van der Waals surface area contributed by atoms with Crippen molar-refractivity contribution in [3.63, 3.8) is 0 Å². The predicted molar refractivity (Wildman–Crippen MR) is 109 cm³/mol. The third kappa shape index (κ3) is 2.68.